The van der Waals surface area contributed by atoms with E-state index in [1.54, 1.807) is 0 Å². The van der Waals surface area contributed by atoms with Gasteiger partial charge in [0.15, 0.2) is 0 Å². The molecule has 9 heteroatoms. The van der Waals surface area contributed by atoms with Gasteiger partial charge in [0.2, 0.25) is 0 Å². The Labute approximate surface area is 200 Å². The Morgan fingerprint density at radius 2 is 0.812 bits per heavy atom. The monoisotopic (exact) mass is 464 g/mol. The molecule has 0 fully saturated rings. The predicted octanol–water partition coefficient (Wildman–Crippen LogP) is -0.406. The first-order chi connectivity index (χ1) is 15.7. The summed E-state index contributed by atoms with van der Waals surface area (Å²) >= 11 is 0. The van der Waals surface area contributed by atoms with Crippen LogP contribution in [0.1, 0.15) is 58.8 Å². The summed E-state index contributed by atoms with van der Waals surface area (Å²) in [5.41, 5.74) is 26.7. The van der Waals surface area contributed by atoms with Crippen LogP contribution in [0.2, 0.25) is 0 Å². The van der Waals surface area contributed by atoms with Crippen molar-refractivity contribution in [3.05, 3.63) is 0 Å². The third-order valence-corrected chi connectivity index (χ3v) is 4.62. The summed E-state index contributed by atoms with van der Waals surface area (Å²) in [6.07, 6.45) is 7.98. The highest BCUT2D eigenvalue weighted by Gasteiger charge is 1.96. The first-order valence-electron chi connectivity index (χ1n) is 13.0. The third kappa shape index (κ3) is 40.0. The second-order valence-electron chi connectivity index (χ2n) is 7.75. The van der Waals surface area contributed by atoms with Gasteiger partial charge < -0.3 is 49.5 Å². The van der Waals surface area contributed by atoms with E-state index in [0.29, 0.717) is 0 Å². The summed E-state index contributed by atoms with van der Waals surface area (Å²) in [5.74, 6) is 0. The molecule has 0 aromatic rings. The molecule has 0 saturated carbocycles. The summed E-state index contributed by atoms with van der Waals surface area (Å²) in [7, 11) is 0. The van der Waals surface area contributed by atoms with E-state index in [9.17, 15) is 0 Å². The molecule has 0 aliphatic carbocycles. The summed E-state index contributed by atoms with van der Waals surface area (Å²) < 4.78 is 0. The number of nitrogens with two attached hydrogens (primary N) is 5. The maximum Gasteiger partial charge on any atom is 0.0104 e. The van der Waals surface area contributed by atoms with Crippen molar-refractivity contribution < 1.29 is 0 Å². The molecule has 0 rings (SSSR count). The molecule has 0 heterocycles. The number of likely N-dealkylation sites (N-methyl/N-ethyl adjacent to an activating group) is 1. The minimum Gasteiger partial charge on any atom is -0.330 e. The first kappa shape index (κ1) is 36.2. The van der Waals surface area contributed by atoms with Crippen molar-refractivity contribution in [3.63, 3.8) is 0 Å². The fourth-order valence-corrected chi connectivity index (χ4v) is 2.71. The van der Waals surface area contributed by atoms with Crippen molar-refractivity contribution >= 4 is 0 Å². The van der Waals surface area contributed by atoms with Gasteiger partial charge in [-0.1, -0.05) is 13.8 Å². The van der Waals surface area contributed by atoms with Crippen LogP contribution in [0.5, 0.6) is 0 Å². The Kier molecular flexibility index (Phi) is 42.9. The lowest BCUT2D eigenvalue weighted by molar-refractivity contribution is 0.297. The smallest absolute Gasteiger partial charge is 0.0104 e. The maximum atomic E-state index is 5.39. The molecule has 0 spiro atoms. The molecule has 0 aromatic carbocycles. The average Bonchev–Trinajstić information content (AvgIpc) is 2.81. The quantitative estimate of drug-likeness (QED) is 0.0994. The van der Waals surface area contributed by atoms with Crippen molar-refractivity contribution in [2.75, 3.05) is 91.6 Å². The van der Waals surface area contributed by atoms with Crippen LogP contribution in [0.3, 0.4) is 0 Å². The maximum absolute atomic E-state index is 5.39. The van der Waals surface area contributed by atoms with Crippen molar-refractivity contribution in [1.82, 2.24) is 20.9 Å². The molecule has 32 heavy (non-hydrogen) atoms. The summed E-state index contributed by atoms with van der Waals surface area (Å²) in [6.45, 7) is 18.0. The zero-order valence-electron chi connectivity index (χ0n) is 21.7. The largest absolute Gasteiger partial charge is 0.330 e. The van der Waals surface area contributed by atoms with Gasteiger partial charge in [0.1, 0.15) is 0 Å². The molecule has 198 valence electrons. The Bertz CT molecular complexity index is 260. The molecule has 0 saturated heterocycles. The second kappa shape index (κ2) is 37.9. The lowest BCUT2D eigenvalue weighted by atomic mass is 10.3. The van der Waals surface area contributed by atoms with Gasteiger partial charge in [0, 0.05) is 13.1 Å². The van der Waals surface area contributed by atoms with Gasteiger partial charge in [-0.3, -0.25) is 0 Å². The molecule has 0 bridgehead atoms. The Hall–Kier alpha value is -0.360. The summed E-state index contributed by atoms with van der Waals surface area (Å²) in [5, 5.41) is 9.95. The van der Waals surface area contributed by atoms with Gasteiger partial charge in [0.25, 0.3) is 0 Å². The van der Waals surface area contributed by atoms with Crippen LogP contribution in [0.4, 0.5) is 0 Å². The molecule has 0 amide bonds. The van der Waals surface area contributed by atoms with Gasteiger partial charge in [-0.25, -0.2) is 0 Å². The number of nitrogens with zero attached hydrogens (tertiary/aromatic N) is 1. The van der Waals surface area contributed by atoms with Gasteiger partial charge in [-0.2, -0.15) is 0 Å². The molecule has 0 radical (unpaired) electrons. The molecule has 0 aliphatic rings. The molecular formula is C23H61N9. The van der Waals surface area contributed by atoms with Crippen molar-refractivity contribution in [2.24, 2.45) is 28.7 Å². The highest BCUT2D eigenvalue weighted by Crippen LogP contribution is 1.87. The number of rotatable bonds is 22. The van der Waals surface area contributed by atoms with Crippen LogP contribution in [0.15, 0.2) is 0 Å². The standard InChI is InChI=1S/C10H26N4.C7H18N2.C6H17N3/c11-5-3-9-13-7-1-2-8-14-10-4-6-12;1-3-6-9(4-2)7-5-8;7-3-1-5-9-6-2-4-8/h13-14H,1-12H2;3-8H2,1-2H3;9H,1-8H2. The van der Waals surface area contributed by atoms with Crippen LogP contribution < -0.4 is 44.6 Å². The molecule has 9 nitrogen and oxygen atoms in total. The van der Waals surface area contributed by atoms with E-state index < -0.39 is 0 Å². The first-order valence-corrected chi connectivity index (χ1v) is 13.0. The van der Waals surface area contributed by atoms with E-state index >= 15 is 0 Å². The fraction of sp³-hybridized carbons (Fsp3) is 1.00. The van der Waals surface area contributed by atoms with Crippen molar-refractivity contribution in [2.45, 2.75) is 58.8 Å². The van der Waals surface area contributed by atoms with Gasteiger partial charge in [0.05, 0.1) is 0 Å². The second-order valence-corrected chi connectivity index (χ2v) is 7.75. The number of nitrogens with one attached hydrogen (secondary N) is 3. The normalized spacial score (nSPS) is 10.5. The highest BCUT2D eigenvalue weighted by atomic mass is 15.1. The van der Waals surface area contributed by atoms with E-state index in [1.165, 1.54) is 25.8 Å². The minimum absolute atomic E-state index is 0.773. The SMILES string of the molecule is CCCN(CC)CCN.NCCCNCCCCNCCCN.NCCCNCCCN. The zero-order chi connectivity index (χ0) is 24.5. The zero-order valence-corrected chi connectivity index (χ0v) is 21.7. The van der Waals surface area contributed by atoms with Crippen molar-refractivity contribution in [1.29, 1.82) is 0 Å². The lowest BCUT2D eigenvalue weighted by Gasteiger charge is -2.17. The minimum atomic E-state index is 0.773. The Balaban J connectivity index is -0.000000411. The predicted molar refractivity (Wildman–Crippen MR) is 144 cm³/mol. The molecule has 13 N–H and O–H groups in total. The van der Waals surface area contributed by atoms with Crippen LogP contribution in [-0.2, 0) is 0 Å². The fourth-order valence-electron chi connectivity index (χ4n) is 2.71. The van der Waals surface area contributed by atoms with E-state index in [4.69, 9.17) is 28.7 Å². The van der Waals surface area contributed by atoms with Crippen molar-refractivity contribution in [3.8, 4) is 0 Å². The number of hydrogen-bond acceptors (Lipinski definition) is 9. The molecular weight excluding hydrogens is 402 g/mol. The average molecular weight is 464 g/mol. The van der Waals surface area contributed by atoms with Crippen LogP contribution in [0, 0.1) is 0 Å². The molecule has 0 aliphatic heterocycles. The van der Waals surface area contributed by atoms with Gasteiger partial charge >= 0.3 is 0 Å². The Morgan fingerprint density at radius 3 is 1.06 bits per heavy atom. The number of hydrogen-bond donors (Lipinski definition) is 8. The van der Waals surface area contributed by atoms with Crippen LogP contribution >= 0.6 is 0 Å². The van der Waals surface area contributed by atoms with Gasteiger partial charge in [-0.05, 0) is 123 Å². The van der Waals surface area contributed by atoms with E-state index in [2.05, 4.69) is 34.7 Å². The summed E-state index contributed by atoms with van der Waals surface area (Å²) in [4.78, 5) is 2.36. The number of unbranched alkanes of at least 4 members (excludes halogenated alkanes) is 1. The van der Waals surface area contributed by atoms with Crippen LogP contribution in [0.25, 0.3) is 0 Å². The molecule has 0 aromatic heterocycles. The van der Waals surface area contributed by atoms with Gasteiger partial charge in [-0.15, -0.1) is 0 Å². The molecule has 0 atom stereocenters. The van der Waals surface area contributed by atoms with Crippen LogP contribution in [-0.4, -0.2) is 96.5 Å². The lowest BCUT2D eigenvalue weighted by Crippen LogP contribution is -2.29. The molecule has 0 unspecified atom stereocenters. The summed E-state index contributed by atoms with van der Waals surface area (Å²) in [6, 6.07) is 0. The highest BCUT2D eigenvalue weighted by molar-refractivity contribution is 4.54. The topological polar surface area (TPSA) is 169 Å². The third-order valence-electron chi connectivity index (χ3n) is 4.62. The van der Waals surface area contributed by atoms with E-state index in [1.807, 2.05) is 0 Å². The Morgan fingerprint density at radius 1 is 0.469 bits per heavy atom. The van der Waals surface area contributed by atoms with E-state index in [-0.39, 0.29) is 0 Å². The van der Waals surface area contributed by atoms with E-state index in [0.717, 1.165) is 111 Å².